The standard InChI is InChI=1S/C29H29N5O2/c1-18-27(33(3)17-31-18)22-15-25-26(30-16-22)23-9-10-24(19(2)35)32-29(23)34(25)28(20-7-5-4-6-8-20)21-11-13-36-14-12-21/h4-10,15-17,21,28H,11-14H2,1-3H3/t28-/m1/s1. The molecule has 5 heterocycles. The minimum absolute atomic E-state index is 0.0366. The van der Waals surface area contributed by atoms with Crippen molar-refractivity contribution >= 4 is 27.9 Å². The second-order valence-electron chi connectivity index (χ2n) is 9.68. The third-order valence-electron chi connectivity index (χ3n) is 7.37. The van der Waals surface area contributed by atoms with Crippen molar-refractivity contribution in [2.24, 2.45) is 13.0 Å². The van der Waals surface area contributed by atoms with E-state index in [4.69, 9.17) is 14.7 Å². The number of Topliss-reactive ketones (excluding diaryl/α,β-unsaturated/α-hetero) is 1. The molecule has 1 aliphatic heterocycles. The molecule has 36 heavy (non-hydrogen) atoms. The highest BCUT2D eigenvalue weighted by molar-refractivity contribution is 6.06. The minimum atomic E-state index is -0.0461. The number of aryl methyl sites for hydroxylation is 2. The highest BCUT2D eigenvalue weighted by atomic mass is 16.5. The van der Waals surface area contributed by atoms with Gasteiger partial charge in [-0.05, 0) is 49.4 Å². The van der Waals surface area contributed by atoms with Crippen LogP contribution in [0.5, 0.6) is 0 Å². The van der Waals surface area contributed by atoms with Crippen LogP contribution in [-0.4, -0.2) is 43.1 Å². The lowest BCUT2D eigenvalue weighted by Gasteiger charge is -2.32. The molecule has 1 aromatic carbocycles. The molecule has 0 bridgehead atoms. The summed E-state index contributed by atoms with van der Waals surface area (Å²) in [6, 6.07) is 16.6. The summed E-state index contributed by atoms with van der Waals surface area (Å²) in [6.45, 7) is 5.07. The SMILES string of the molecule is CC(=O)c1ccc2c3ncc(-c4c(C)ncn4C)cc3n([C@H](c3ccccc3)C3CCOCC3)c2n1. The van der Waals surface area contributed by atoms with Gasteiger partial charge in [0, 0.05) is 44.3 Å². The number of imidazole rings is 1. The van der Waals surface area contributed by atoms with Gasteiger partial charge in [-0.3, -0.25) is 9.78 Å². The van der Waals surface area contributed by atoms with Crippen molar-refractivity contribution in [3.05, 3.63) is 78.0 Å². The van der Waals surface area contributed by atoms with Crippen LogP contribution in [0.25, 0.3) is 33.3 Å². The smallest absolute Gasteiger partial charge is 0.178 e. The van der Waals surface area contributed by atoms with Crippen LogP contribution in [0.3, 0.4) is 0 Å². The number of pyridine rings is 2. The molecule has 7 heteroatoms. The fourth-order valence-corrected chi connectivity index (χ4v) is 5.66. The third-order valence-corrected chi connectivity index (χ3v) is 7.37. The molecule has 1 atom stereocenters. The minimum Gasteiger partial charge on any atom is -0.381 e. The Kier molecular flexibility index (Phi) is 5.64. The second kappa shape index (κ2) is 8.99. The van der Waals surface area contributed by atoms with Crippen LogP contribution in [0.1, 0.15) is 47.6 Å². The number of hydrogen-bond donors (Lipinski definition) is 0. The number of nitrogens with zero attached hydrogens (tertiary/aromatic N) is 5. The summed E-state index contributed by atoms with van der Waals surface area (Å²) in [7, 11) is 2.00. The normalized spacial score (nSPS) is 15.5. The van der Waals surface area contributed by atoms with Gasteiger partial charge in [-0.25, -0.2) is 9.97 Å². The van der Waals surface area contributed by atoms with E-state index in [9.17, 15) is 4.79 Å². The van der Waals surface area contributed by atoms with Crippen LogP contribution in [0.2, 0.25) is 0 Å². The maximum absolute atomic E-state index is 12.3. The Bertz CT molecular complexity index is 1560. The summed E-state index contributed by atoms with van der Waals surface area (Å²) >= 11 is 0. The van der Waals surface area contributed by atoms with Gasteiger partial charge in [-0.1, -0.05) is 30.3 Å². The molecule has 0 amide bonds. The van der Waals surface area contributed by atoms with E-state index < -0.39 is 0 Å². The van der Waals surface area contributed by atoms with Crippen LogP contribution < -0.4 is 0 Å². The molecule has 6 rings (SSSR count). The average molecular weight is 480 g/mol. The number of ether oxygens (including phenoxy) is 1. The molecule has 0 aliphatic carbocycles. The van der Waals surface area contributed by atoms with Crippen LogP contribution in [0.15, 0.2) is 61.1 Å². The molecule has 7 nitrogen and oxygen atoms in total. The van der Waals surface area contributed by atoms with Gasteiger partial charge in [0.15, 0.2) is 5.78 Å². The number of fused-ring (bicyclic) bond motifs is 3. The maximum Gasteiger partial charge on any atom is 0.178 e. The molecule has 182 valence electrons. The monoisotopic (exact) mass is 479 g/mol. The molecule has 1 fully saturated rings. The molecule has 4 aromatic heterocycles. The van der Waals surface area contributed by atoms with Crippen LogP contribution in [0, 0.1) is 12.8 Å². The van der Waals surface area contributed by atoms with Gasteiger partial charge in [0.05, 0.1) is 34.8 Å². The molecular weight excluding hydrogens is 450 g/mol. The first-order valence-corrected chi connectivity index (χ1v) is 12.5. The van der Waals surface area contributed by atoms with Crippen molar-refractivity contribution in [3.8, 4) is 11.3 Å². The number of aromatic nitrogens is 5. The van der Waals surface area contributed by atoms with Gasteiger partial charge >= 0.3 is 0 Å². The number of benzene rings is 1. The highest BCUT2D eigenvalue weighted by Gasteiger charge is 2.31. The Hall–Kier alpha value is -3.84. The van der Waals surface area contributed by atoms with E-state index in [1.165, 1.54) is 5.56 Å². The molecule has 1 aliphatic rings. The van der Waals surface area contributed by atoms with E-state index in [0.29, 0.717) is 11.6 Å². The molecule has 0 unspecified atom stereocenters. The molecule has 1 saturated heterocycles. The van der Waals surface area contributed by atoms with E-state index in [2.05, 4.69) is 39.9 Å². The van der Waals surface area contributed by atoms with Gasteiger partial charge in [0.1, 0.15) is 11.3 Å². The molecule has 0 saturated carbocycles. The van der Waals surface area contributed by atoms with E-state index in [1.54, 1.807) is 13.0 Å². The van der Waals surface area contributed by atoms with Crippen LogP contribution >= 0.6 is 0 Å². The molecule has 5 aromatic rings. The lowest BCUT2D eigenvalue weighted by Crippen LogP contribution is -2.27. The van der Waals surface area contributed by atoms with E-state index >= 15 is 0 Å². The summed E-state index contributed by atoms with van der Waals surface area (Å²) < 4.78 is 10.1. The largest absolute Gasteiger partial charge is 0.381 e. The average Bonchev–Trinajstić information content (AvgIpc) is 3.41. The first-order chi connectivity index (χ1) is 17.5. The van der Waals surface area contributed by atoms with Gasteiger partial charge < -0.3 is 13.9 Å². The Morgan fingerprint density at radius 3 is 2.56 bits per heavy atom. The Labute approximate surface area is 209 Å². The number of hydrogen-bond acceptors (Lipinski definition) is 5. The molecule has 0 spiro atoms. The number of ketones is 1. The Morgan fingerprint density at radius 2 is 1.86 bits per heavy atom. The summed E-state index contributed by atoms with van der Waals surface area (Å²) in [4.78, 5) is 26.7. The zero-order valence-electron chi connectivity index (χ0n) is 20.8. The predicted molar refractivity (Wildman–Crippen MR) is 140 cm³/mol. The van der Waals surface area contributed by atoms with E-state index in [0.717, 1.165) is 65.1 Å². The fourth-order valence-electron chi connectivity index (χ4n) is 5.66. The number of rotatable bonds is 5. The second-order valence-corrected chi connectivity index (χ2v) is 9.68. The van der Waals surface area contributed by atoms with Crippen molar-refractivity contribution in [2.45, 2.75) is 32.7 Å². The lowest BCUT2D eigenvalue weighted by molar-refractivity contribution is 0.0552. The first kappa shape index (κ1) is 22.6. The third kappa shape index (κ3) is 3.71. The maximum atomic E-state index is 12.3. The van der Waals surface area contributed by atoms with E-state index in [1.807, 2.05) is 43.2 Å². The molecule has 0 N–H and O–H groups in total. The zero-order chi connectivity index (χ0) is 24.8. The van der Waals surface area contributed by atoms with Crippen molar-refractivity contribution < 1.29 is 9.53 Å². The quantitative estimate of drug-likeness (QED) is 0.311. The van der Waals surface area contributed by atoms with Gasteiger partial charge in [0.2, 0.25) is 0 Å². The van der Waals surface area contributed by atoms with Crippen molar-refractivity contribution in [1.29, 1.82) is 0 Å². The molecule has 0 radical (unpaired) electrons. The predicted octanol–water partition coefficient (Wildman–Crippen LogP) is 5.51. The van der Waals surface area contributed by atoms with Gasteiger partial charge in [-0.15, -0.1) is 0 Å². The Morgan fingerprint density at radius 1 is 1.08 bits per heavy atom. The van der Waals surface area contributed by atoms with Crippen molar-refractivity contribution in [1.82, 2.24) is 24.1 Å². The van der Waals surface area contributed by atoms with Crippen LogP contribution in [0.4, 0.5) is 0 Å². The fraction of sp³-hybridized carbons (Fsp3) is 0.310. The first-order valence-electron chi connectivity index (χ1n) is 12.5. The summed E-state index contributed by atoms with van der Waals surface area (Å²) in [5, 5.41) is 0.955. The number of carbonyl (C=O) groups excluding carboxylic acids is 1. The summed E-state index contributed by atoms with van der Waals surface area (Å²) in [5.74, 6) is 0.319. The topological polar surface area (TPSA) is 74.8 Å². The number of carbonyl (C=O) groups is 1. The zero-order valence-corrected chi connectivity index (χ0v) is 20.8. The van der Waals surface area contributed by atoms with E-state index in [-0.39, 0.29) is 11.8 Å². The lowest BCUT2D eigenvalue weighted by atomic mass is 9.86. The van der Waals surface area contributed by atoms with Crippen molar-refractivity contribution in [3.63, 3.8) is 0 Å². The van der Waals surface area contributed by atoms with Crippen LogP contribution in [-0.2, 0) is 11.8 Å². The Balaban J connectivity index is 1.69. The highest BCUT2D eigenvalue weighted by Crippen LogP contribution is 2.40. The summed E-state index contributed by atoms with van der Waals surface area (Å²) in [5.41, 5.74) is 7.40. The van der Waals surface area contributed by atoms with Crippen molar-refractivity contribution in [2.75, 3.05) is 13.2 Å². The molecular formula is C29H29N5O2. The summed E-state index contributed by atoms with van der Waals surface area (Å²) in [6.07, 6.45) is 5.67. The van der Waals surface area contributed by atoms with Gasteiger partial charge in [0.25, 0.3) is 0 Å². The van der Waals surface area contributed by atoms with Gasteiger partial charge in [-0.2, -0.15) is 0 Å².